The Hall–Kier alpha value is -2.08. The van der Waals surface area contributed by atoms with E-state index < -0.39 is 11.6 Å². The van der Waals surface area contributed by atoms with Gasteiger partial charge in [-0.3, -0.25) is 4.79 Å². The summed E-state index contributed by atoms with van der Waals surface area (Å²) in [6.07, 6.45) is 0.201. The fourth-order valence-electron chi connectivity index (χ4n) is 1.80. The lowest BCUT2D eigenvalue weighted by atomic mass is 10.1. The van der Waals surface area contributed by atoms with Crippen LogP contribution in [0.3, 0.4) is 0 Å². The average Bonchev–Trinajstić information content (AvgIpc) is 2.37. The highest BCUT2D eigenvalue weighted by atomic mass is 19.2. The van der Waals surface area contributed by atoms with Crippen molar-refractivity contribution >= 4 is 0 Å². The molecule has 0 unspecified atom stereocenters. The quantitative estimate of drug-likeness (QED) is 0.886. The van der Waals surface area contributed by atoms with Gasteiger partial charge in [-0.25, -0.2) is 13.8 Å². The molecule has 2 N–H and O–H groups in total. The summed E-state index contributed by atoms with van der Waals surface area (Å²) < 4.78 is 26.0. The third-order valence-corrected chi connectivity index (χ3v) is 2.78. The second-order valence-electron chi connectivity index (χ2n) is 4.08. The molecular weight excluding hydrogens is 254 g/mol. The van der Waals surface area contributed by atoms with Crippen LogP contribution in [0.4, 0.5) is 8.78 Å². The van der Waals surface area contributed by atoms with E-state index >= 15 is 0 Å². The van der Waals surface area contributed by atoms with Gasteiger partial charge in [0.15, 0.2) is 11.6 Å². The molecule has 1 aromatic carbocycles. The molecule has 0 amide bonds. The summed E-state index contributed by atoms with van der Waals surface area (Å²) in [5.74, 6) is -1.79. The molecule has 0 aliphatic rings. The molecule has 0 bridgehead atoms. The maximum atomic E-state index is 13.1. The first-order valence-electron chi connectivity index (χ1n) is 5.69. The predicted octanol–water partition coefficient (Wildman–Crippen LogP) is 1.56. The van der Waals surface area contributed by atoms with E-state index in [9.17, 15) is 13.6 Å². The fourth-order valence-corrected chi connectivity index (χ4v) is 1.80. The number of aliphatic hydroxyl groups excluding tert-OH is 1. The Kier molecular flexibility index (Phi) is 3.71. The van der Waals surface area contributed by atoms with Gasteiger partial charge < -0.3 is 10.1 Å². The molecule has 0 atom stereocenters. The van der Waals surface area contributed by atoms with Crippen LogP contribution in [0.2, 0.25) is 0 Å². The zero-order chi connectivity index (χ0) is 14.0. The molecule has 0 fully saturated rings. The van der Waals surface area contributed by atoms with Crippen LogP contribution in [0.25, 0.3) is 11.4 Å². The van der Waals surface area contributed by atoms with Crippen LogP contribution in [0.1, 0.15) is 11.3 Å². The van der Waals surface area contributed by atoms with Crippen molar-refractivity contribution in [1.82, 2.24) is 9.97 Å². The van der Waals surface area contributed by atoms with Crippen molar-refractivity contribution in [3.05, 3.63) is 51.4 Å². The van der Waals surface area contributed by atoms with Crippen LogP contribution in [0, 0.1) is 18.6 Å². The molecule has 2 aromatic rings. The van der Waals surface area contributed by atoms with E-state index in [0.29, 0.717) is 11.3 Å². The molecule has 2 rings (SSSR count). The van der Waals surface area contributed by atoms with Crippen molar-refractivity contribution in [2.75, 3.05) is 6.61 Å². The number of rotatable bonds is 3. The number of hydrogen-bond donors (Lipinski definition) is 2. The molecule has 0 aliphatic heterocycles. The normalized spacial score (nSPS) is 10.7. The van der Waals surface area contributed by atoms with Crippen molar-refractivity contribution < 1.29 is 13.9 Å². The minimum Gasteiger partial charge on any atom is -0.396 e. The van der Waals surface area contributed by atoms with E-state index in [1.165, 1.54) is 6.07 Å². The predicted molar refractivity (Wildman–Crippen MR) is 65.7 cm³/mol. The molecule has 0 radical (unpaired) electrons. The van der Waals surface area contributed by atoms with Gasteiger partial charge in [0.2, 0.25) is 0 Å². The monoisotopic (exact) mass is 266 g/mol. The lowest BCUT2D eigenvalue weighted by Crippen LogP contribution is -2.18. The summed E-state index contributed by atoms with van der Waals surface area (Å²) in [5.41, 5.74) is 0.738. The van der Waals surface area contributed by atoms with Gasteiger partial charge in [0.25, 0.3) is 5.56 Å². The van der Waals surface area contributed by atoms with Gasteiger partial charge in [-0.1, -0.05) is 0 Å². The molecule has 0 spiro atoms. The molecule has 6 heteroatoms. The van der Waals surface area contributed by atoms with Crippen molar-refractivity contribution in [3.63, 3.8) is 0 Å². The maximum absolute atomic E-state index is 13.1. The van der Waals surface area contributed by atoms with Gasteiger partial charge in [0.1, 0.15) is 5.82 Å². The second kappa shape index (κ2) is 5.27. The van der Waals surface area contributed by atoms with Gasteiger partial charge in [-0.05, 0) is 25.1 Å². The summed E-state index contributed by atoms with van der Waals surface area (Å²) in [6, 6.07) is 3.28. The number of aromatic amines is 1. The number of aryl methyl sites for hydroxylation is 1. The standard InChI is InChI=1S/C13H12F2N2O2/c1-7-9(4-5-18)13(19)17-12(16-7)8-2-3-10(14)11(15)6-8/h2-3,6,18H,4-5H2,1H3,(H,16,17,19). The topological polar surface area (TPSA) is 66.0 Å². The molecule has 0 saturated heterocycles. The van der Waals surface area contributed by atoms with Crippen LogP contribution in [0.5, 0.6) is 0 Å². The van der Waals surface area contributed by atoms with Crippen LogP contribution in [-0.2, 0) is 6.42 Å². The highest BCUT2D eigenvalue weighted by Gasteiger charge is 2.11. The zero-order valence-electron chi connectivity index (χ0n) is 10.2. The van der Waals surface area contributed by atoms with E-state index in [0.717, 1.165) is 12.1 Å². The summed E-state index contributed by atoms with van der Waals surface area (Å²) in [5, 5.41) is 8.85. The Morgan fingerprint density at radius 2 is 2.05 bits per heavy atom. The largest absolute Gasteiger partial charge is 0.396 e. The number of nitrogens with zero attached hydrogens (tertiary/aromatic N) is 1. The first kappa shape index (κ1) is 13.4. The summed E-state index contributed by atoms with van der Waals surface area (Å²) in [7, 11) is 0. The van der Waals surface area contributed by atoms with E-state index in [-0.39, 0.29) is 30.0 Å². The maximum Gasteiger partial charge on any atom is 0.254 e. The van der Waals surface area contributed by atoms with E-state index in [1.807, 2.05) is 0 Å². The van der Waals surface area contributed by atoms with Crippen molar-refractivity contribution in [1.29, 1.82) is 0 Å². The molecule has 4 nitrogen and oxygen atoms in total. The van der Waals surface area contributed by atoms with Gasteiger partial charge in [-0.2, -0.15) is 0 Å². The Balaban J connectivity index is 2.52. The Bertz CT molecular complexity index is 668. The number of halogens is 2. The van der Waals surface area contributed by atoms with Crippen LogP contribution < -0.4 is 5.56 Å². The van der Waals surface area contributed by atoms with Crippen molar-refractivity contribution in [2.24, 2.45) is 0 Å². The van der Waals surface area contributed by atoms with Crippen molar-refractivity contribution in [2.45, 2.75) is 13.3 Å². The Labute approximate surface area is 107 Å². The van der Waals surface area contributed by atoms with Crippen LogP contribution >= 0.6 is 0 Å². The number of H-pyrrole nitrogens is 1. The van der Waals surface area contributed by atoms with E-state index in [4.69, 9.17) is 5.11 Å². The molecule has 19 heavy (non-hydrogen) atoms. The first-order chi connectivity index (χ1) is 9.02. The molecular formula is C13H12F2N2O2. The molecule has 100 valence electrons. The third-order valence-electron chi connectivity index (χ3n) is 2.78. The van der Waals surface area contributed by atoms with Crippen LogP contribution in [0.15, 0.2) is 23.0 Å². The van der Waals surface area contributed by atoms with E-state index in [1.54, 1.807) is 6.92 Å². The molecule has 1 aromatic heterocycles. The summed E-state index contributed by atoms with van der Waals surface area (Å²) in [6.45, 7) is 1.47. The smallest absolute Gasteiger partial charge is 0.254 e. The van der Waals surface area contributed by atoms with Gasteiger partial charge >= 0.3 is 0 Å². The van der Waals surface area contributed by atoms with E-state index in [2.05, 4.69) is 9.97 Å². The molecule has 0 aliphatic carbocycles. The highest BCUT2D eigenvalue weighted by Crippen LogP contribution is 2.17. The molecule has 1 heterocycles. The SMILES string of the molecule is Cc1nc(-c2ccc(F)c(F)c2)[nH]c(=O)c1CCO. The van der Waals surface area contributed by atoms with Gasteiger partial charge in [-0.15, -0.1) is 0 Å². The highest BCUT2D eigenvalue weighted by molar-refractivity contribution is 5.55. The average molecular weight is 266 g/mol. The number of aromatic nitrogens is 2. The van der Waals surface area contributed by atoms with Crippen molar-refractivity contribution in [3.8, 4) is 11.4 Å². The minimum atomic E-state index is -1.00. The minimum absolute atomic E-state index is 0.157. The summed E-state index contributed by atoms with van der Waals surface area (Å²) >= 11 is 0. The second-order valence-corrected chi connectivity index (χ2v) is 4.08. The third kappa shape index (κ3) is 2.68. The number of aliphatic hydroxyl groups is 1. The Morgan fingerprint density at radius 3 is 2.63 bits per heavy atom. The first-order valence-corrected chi connectivity index (χ1v) is 5.69. The fraction of sp³-hybridized carbons (Fsp3) is 0.231. The van der Waals surface area contributed by atoms with Crippen LogP contribution in [-0.4, -0.2) is 21.7 Å². The van der Waals surface area contributed by atoms with Gasteiger partial charge in [0, 0.05) is 29.8 Å². The van der Waals surface area contributed by atoms with Gasteiger partial charge in [0.05, 0.1) is 0 Å². The lowest BCUT2D eigenvalue weighted by Gasteiger charge is -2.06. The number of hydrogen-bond acceptors (Lipinski definition) is 3. The number of benzene rings is 1. The Morgan fingerprint density at radius 1 is 1.32 bits per heavy atom. The summed E-state index contributed by atoms with van der Waals surface area (Å²) in [4.78, 5) is 18.4. The molecule has 0 saturated carbocycles. The zero-order valence-corrected chi connectivity index (χ0v) is 10.2. The lowest BCUT2D eigenvalue weighted by molar-refractivity contribution is 0.298. The number of nitrogens with one attached hydrogen (secondary N) is 1.